The third kappa shape index (κ3) is 6.01. The summed E-state index contributed by atoms with van der Waals surface area (Å²) in [6.45, 7) is -0.207. The summed E-state index contributed by atoms with van der Waals surface area (Å²) >= 11 is 0. The first-order valence-electron chi connectivity index (χ1n) is 11.3. The van der Waals surface area contributed by atoms with E-state index in [1.54, 1.807) is 92.2 Å². The molecule has 0 aromatic carbocycles. The standard InChI is InChI=1S/C27H19N9O/c37-23(18-33-24(20-3-11-29-12-4-20)32-17-19-1-9-28-10-2-19)27-35-25(21-5-13-30-14-6-21)34-26(36-27)22-7-15-31-16-8-22/h1-17H,18H2. The van der Waals surface area contributed by atoms with Gasteiger partial charge in [-0.1, -0.05) is 0 Å². The smallest absolute Gasteiger partial charge is 0.221 e. The molecule has 0 aliphatic heterocycles. The van der Waals surface area contributed by atoms with Gasteiger partial charge in [-0.3, -0.25) is 29.7 Å². The lowest BCUT2D eigenvalue weighted by Gasteiger charge is -2.07. The predicted octanol–water partition coefficient (Wildman–Crippen LogP) is 3.53. The molecule has 0 bridgehead atoms. The second-order valence-electron chi connectivity index (χ2n) is 7.62. The van der Waals surface area contributed by atoms with Gasteiger partial charge in [0.15, 0.2) is 17.5 Å². The van der Waals surface area contributed by atoms with Gasteiger partial charge in [-0.05, 0) is 54.1 Å². The van der Waals surface area contributed by atoms with Gasteiger partial charge in [-0.15, -0.1) is 0 Å². The zero-order valence-electron chi connectivity index (χ0n) is 19.5. The molecule has 0 radical (unpaired) electrons. The third-order valence-corrected chi connectivity index (χ3v) is 5.11. The van der Waals surface area contributed by atoms with Gasteiger partial charge >= 0.3 is 0 Å². The maximum absolute atomic E-state index is 13.3. The third-order valence-electron chi connectivity index (χ3n) is 5.11. The van der Waals surface area contributed by atoms with Gasteiger partial charge in [0.05, 0.1) is 0 Å². The van der Waals surface area contributed by atoms with E-state index in [-0.39, 0.29) is 18.2 Å². The van der Waals surface area contributed by atoms with Crippen LogP contribution in [0.15, 0.2) is 108 Å². The van der Waals surface area contributed by atoms with Crippen molar-refractivity contribution in [1.29, 1.82) is 0 Å². The Hall–Kier alpha value is -5.38. The number of hydrogen-bond acceptors (Lipinski definition) is 9. The molecule has 0 saturated carbocycles. The first-order valence-corrected chi connectivity index (χ1v) is 11.3. The highest BCUT2D eigenvalue weighted by Gasteiger charge is 2.16. The lowest BCUT2D eigenvalue weighted by molar-refractivity contribution is 0.0992. The fraction of sp³-hybridized carbons (Fsp3) is 0.0370. The first-order chi connectivity index (χ1) is 18.3. The average molecular weight is 486 g/mol. The minimum absolute atomic E-state index is 0.00423. The Morgan fingerprint density at radius 3 is 1.68 bits per heavy atom. The Morgan fingerprint density at radius 2 is 1.14 bits per heavy atom. The van der Waals surface area contributed by atoms with Crippen molar-refractivity contribution in [3.8, 4) is 22.8 Å². The molecular weight excluding hydrogens is 466 g/mol. The van der Waals surface area contributed by atoms with Crippen molar-refractivity contribution in [1.82, 2.24) is 34.9 Å². The molecule has 0 spiro atoms. The van der Waals surface area contributed by atoms with Gasteiger partial charge in [0.25, 0.3) is 0 Å². The molecule has 10 nitrogen and oxygen atoms in total. The Balaban J connectivity index is 1.49. The Morgan fingerprint density at radius 1 is 0.649 bits per heavy atom. The van der Waals surface area contributed by atoms with E-state index in [0.29, 0.717) is 28.6 Å². The van der Waals surface area contributed by atoms with E-state index >= 15 is 0 Å². The Labute approximate surface area is 212 Å². The summed E-state index contributed by atoms with van der Waals surface area (Å²) in [5.74, 6) is 0.733. The molecule has 0 saturated heterocycles. The number of amidine groups is 1. The van der Waals surface area contributed by atoms with Crippen molar-refractivity contribution in [3.05, 3.63) is 115 Å². The van der Waals surface area contributed by atoms with Gasteiger partial charge in [-0.2, -0.15) is 0 Å². The van der Waals surface area contributed by atoms with Crippen LogP contribution >= 0.6 is 0 Å². The first kappa shape index (κ1) is 23.4. The molecule has 0 unspecified atom stereocenters. The fourth-order valence-corrected chi connectivity index (χ4v) is 3.27. The Bertz CT molecular complexity index is 1490. The van der Waals surface area contributed by atoms with Crippen molar-refractivity contribution < 1.29 is 4.79 Å². The second-order valence-corrected chi connectivity index (χ2v) is 7.62. The molecule has 178 valence electrons. The maximum atomic E-state index is 13.3. The topological polar surface area (TPSA) is 132 Å². The molecule has 0 amide bonds. The van der Waals surface area contributed by atoms with Crippen LogP contribution in [0.1, 0.15) is 21.7 Å². The van der Waals surface area contributed by atoms with E-state index in [1.807, 2.05) is 12.1 Å². The minimum atomic E-state index is -0.376. The normalized spacial score (nSPS) is 11.5. The van der Waals surface area contributed by atoms with E-state index in [0.717, 1.165) is 11.1 Å². The summed E-state index contributed by atoms with van der Waals surface area (Å²) < 4.78 is 0. The number of pyridine rings is 4. The van der Waals surface area contributed by atoms with E-state index in [4.69, 9.17) is 0 Å². The average Bonchev–Trinajstić information content (AvgIpc) is 2.98. The molecule has 0 atom stereocenters. The molecule has 0 aliphatic rings. The zero-order chi connectivity index (χ0) is 25.3. The lowest BCUT2D eigenvalue weighted by atomic mass is 10.2. The van der Waals surface area contributed by atoms with Crippen molar-refractivity contribution in [2.75, 3.05) is 6.54 Å². The summed E-state index contributed by atoms with van der Waals surface area (Å²) in [6, 6.07) is 14.3. The number of carbonyl (C=O) groups excluding carboxylic acids is 1. The molecular formula is C27H19N9O. The van der Waals surface area contributed by atoms with Crippen LogP contribution < -0.4 is 0 Å². The minimum Gasteiger partial charge on any atom is -0.289 e. The summed E-state index contributed by atoms with van der Waals surface area (Å²) in [6.07, 6.45) is 14.9. The number of Topliss-reactive ketones (excluding diaryl/α,β-unsaturated/α-hetero) is 1. The predicted molar refractivity (Wildman–Crippen MR) is 138 cm³/mol. The van der Waals surface area contributed by atoms with Crippen LogP contribution in [-0.4, -0.2) is 59.3 Å². The summed E-state index contributed by atoms with van der Waals surface area (Å²) in [5.41, 5.74) is 3.00. The molecule has 0 N–H and O–H groups in total. The summed E-state index contributed by atoms with van der Waals surface area (Å²) in [7, 11) is 0. The van der Waals surface area contributed by atoms with Crippen LogP contribution in [0.5, 0.6) is 0 Å². The highest BCUT2D eigenvalue weighted by atomic mass is 16.1. The van der Waals surface area contributed by atoms with Gasteiger partial charge in [0.1, 0.15) is 6.54 Å². The second kappa shape index (κ2) is 11.4. The number of nitrogens with zero attached hydrogens (tertiary/aromatic N) is 9. The number of carbonyl (C=O) groups is 1. The van der Waals surface area contributed by atoms with Crippen LogP contribution in [0, 0.1) is 0 Å². The number of ketones is 1. The summed E-state index contributed by atoms with van der Waals surface area (Å²) in [5, 5.41) is 0. The number of hydrogen-bond donors (Lipinski definition) is 0. The maximum Gasteiger partial charge on any atom is 0.221 e. The van der Waals surface area contributed by atoms with Crippen molar-refractivity contribution in [3.63, 3.8) is 0 Å². The van der Waals surface area contributed by atoms with E-state index in [9.17, 15) is 4.79 Å². The summed E-state index contributed by atoms with van der Waals surface area (Å²) in [4.78, 5) is 51.8. The van der Waals surface area contributed by atoms with Crippen LogP contribution in [0.4, 0.5) is 0 Å². The molecule has 37 heavy (non-hydrogen) atoms. The number of aromatic nitrogens is 7. The van der Waals surface area contributed by atoms with Crippen LogP contribution in [0.3, 0.4) is 0 Å². The van der Waals surface area contributed by atoms with Gasteiger partial charge in [0, 0.05) is 72.5 Å². The molecule has 5 aromatic heterocycles. The largest absolute Gasteiger partial charge is 0.289 e. The van der Waals surface area contributed by atoms with Gasteiger partial charge < -0.3 is 0 Å². The highest BCUT2D eigenvalue weighted by Crippen LogP contribution is 2.19. The van der Waals surface area contributed by atoms with E-state index in [1.165, 1.54) is 0 Å². The fourth-order valence-electron chi connectivity index (χ4n) is 3.27. The SMILES string of the molecule is O=C(CN=C(N=Cc1ccncc1)c1ccncc1)c1nc(-c2ccncc2)nc(-c2ccncc2)n1. The van der Waals surface area contributed by atoms with Gasteiger partial charge in [0.2, 0.25) is 11.6 Å². The number of aliphatic imine (C=N–C) groups is 2. The lowest BCUT2D eigenvalue weighted by Crippen LogP contribution is -2.13. The van der Waals surface area contributed by atoms with Crippen molar-refractivity contribution in [2.24, 2.45) is 9.98 Å². The van der Waals surface area contributed by atoms with Gasteiger partial charge in [-0.25, -0.2) is 19.9 Å². The highest BCUT2D eigenvalue weighted by molar-refractivity contribution is 6.06. The quantitative estimate of drug-likeness (QED) is 0.194. The Kier molecular flexibility index (Phi) is 7.18. The molecule has 10 heteroatoms. The van der Waals surface area contributed by atoms with E-state index < -0.39 is 0 Å². The zero-order valence-corrected chi connectivity index (χ0v) is 19.5. The molecule has 0 fully saturated rings. The van der Waals surface area contributed by atoms with Crippen LogP contribution in [0.25, 0.3) is 22.8 Å². The monoisotopic (exact) mass is 485 g/mol. The van der Waals surface area contributed by atoms with Crippen molar-refractivity contribution in [2.45, 2.75) is 0 Å². The van der Waals surface area contributed by atoms with Crippen LogP contribution in [0.2, 0.25) is 0 Å². The van der Waals surface area contributed by atoms with Crippen molar-refractivity contribution >= 4 is 17.8 Å². The molecule has 5 rings (SSSR count). The van der Waals surface area contributed by atoms with E-state index in [2.05, 4.69) is 44.9 Å². The number of rotatable bonds is 7. The molecule has 0 aliphatic carbocycles. The molecule has 5 heterocycles. The van der Waals surface area contributed by atoms with Crippen LogP contribution in [-0.2, 0) is 0 Å². The molecule has 5 aromatic rings.